The van der Waals surface area contributed by atoms with Gasteiger partial charge in [0, 0.05) is 24.5 Å². The van der Waals surface area contributed by atoms with Crippen LogP contribution >= 0.6 is 11.6 Å². The summed E-state index contributed by atoms with van der Waals surface area (Å²) in [6.45, 7) is 2.55. The lowest BCUT2D eigenvalue weighted by Gasteiger charge is -2.18. The van der Waals surface area contributed by atoms with Gasteiger partial charge in [-0.2, -0.15) is 0 Å². The van der Waals surface area contributed by atoms with Gasteiger partial charge in [-0.3, -0.25) is 9.59 Å². The van der Waals surface area contributed by atoms with Gasteiger partial charge in [0.15, 0.2) is 0 Å². The lowest BCUT2D eigenvalue weighted by Crippen LogP contribution is -2.45. The Morgan fingerprint density at radius 2 is 2.12 bits per heavy atom. The Hall–Kier alpha value is -2.28. The van der Waals surface area contributed by atoms with Gasteiger partial charge >= 0.3 is 12.0 Å². The lowest BCUT2D eigenvalue weighted by molar-refractivity contribution is -0.141. The number of hydrogen-bond acceptors (Lipinski definition) is 4. The number of nitrogens with zero attached hydrogens (tertiary/aromatic N) is 1. The minimum Gasteiger partial charge on any atom is -0.465 e. The second-order valence-electron chi connectivity index (χ2n) is 5.40. The summed E-state index contributed by atoms with van der Waals surface area (Å²) in [4.78, 5) is 36.7. The number of amides is 3. The van der Waals surface area contributed by atoms with Crippen LogP contribution in [-0.4, -0.2) is 48.5 Å². The van der Waals surface area contributed by atoms with E-state index in [1.807, 2.05) is 18.2 Å². The molecule has 1 atom stereocenters. The van der Waals surface area contributed by atoms with Gasteiger partial charge in [0.25, 0.3) is 0 Å². The number of carbonyl (C=O) groups is 3. The summed E-state index contributed by atoms with van der Waals surface area (Å²) in [7, 11) is 0. The van der Waals surface area contributed by atoms with Crippen molar-refractivity contribution in [2.24, 2.45) is 0 Å². The van der Waals surface area contributed by atoms with Crippen molar-refractivity contribution in [1.29, 1.82) is 0 Å². The van der Waals surface area contributed by atoms with Crippen molar-refractivity contribution in [2.75, 3.05) is 19.7 Å². The van der Waals surface area contributed by atoms with Crippen LogP contribution in [0.2, 0.25) is 5.02 Å². The molecule has 7 nitrogen and oxygen atoms in total. The van der Waals surface area contributed by atoms with Crippen molar-refractivity contribution in [2.45, 2.75) is 25.9 Å². The highest BCUT2D eigenvalue weighted by atomic mass is 35.5. The van der Waals surface area contributed by atoms with Crippen LogP contribution in [0.1, 0.15) is 18.9 Å². The van der Waals surface area contributed by atoms with E-state index in [1.165, 1.54) is 0 Å². The van der Waals surface area contributed by atoms with Gasteiger partial charge in [-0.25, -0.2) is 4.79 Å². The van der Waals surface area contributed by atoms with Crippen LogP contribution in [0.3, 0.4) is 0 Å². The Balaban J connectivity index is 1.80. The summed E-state index contributed by atoms with van der Waals surface area (Å²) < 4.78 is 4.72. The number of urea groups is 1. The smallest absolute Gasteiger partial charge is 0.325 e. The van der Waals surface area contributed by atoms with Gasteiger partial charge in [-0.15, -0.1) is 0 Å². The molecule has 2 rings (SSSR count). The molecule has 1 aromatic carbocycles. The molecule has 1 aromatic rings. The lowest BCUT2D eigenvalue weighted by atomic mass is 10.2. The topological polar surface area (TPSA) is 87.7 Å². The summed E-state index contributed by atoms with van der Waals surface area (Å²) in [6.07, 6.45) is 0.220. The van der Waals surface area contributed by atoms with E-state index in [-0.39, 0.29) is 31.5 Å². The summed E-state index contributed by atoms with van der Waals surface area (Å²) >= 11 is 6.11. The van der Waals surface area contributed by atoms with Crippen LogP contribution in [0.5, 0.6) is 0 Å². The zero-order valence-electron chi connectivity index (χ0n) is 13.4. The van der Waals surface area contributed by atoms with Crippen LogP contribution in [-0.2, 0) is 20.9 Å². The first-order chi connectivity index (χ1) is 11.5. The zero-order chi connectivity index (χ0) is 17.5. The monoisotopic (exact) mass is 353 g/mol. The van der Waals surface area contributed by atoms with Crippen LogP contribution in [0.4, 0.5) is 4.79 Å². The highest BCUT2D eigenvalue weighted by molar-refractivity contribution is 6.31. The molecule has 2 N–H and O–H groups in total. The van der Waals surface area contributed by atoms with E-state index in [0.29, 0.717) is 18.1 Å². The van der Waals surface area contributed by atoms with E-state index >= 15 is 0 Å². The van der Waals surface area contributed by atoms with E-state index in [1.54, 1.807) is 17.9 Å². The number of nitrogens with one attached hydrogen (secondary N) is 2. The maximum absolute atomic E-state index is 12.1. The summed E-state index contributed by atoms with van der Waals surface area (Å²) in [5, 5.41) is 5.70. The van der Waals surface area contributed by atoms with E-state index < -0.39 is 12.0 Å². The number of likely N-dealkylation sites (tertiary alicyclic amines) is 1. The molecule has 8 heteroatoms. The number of rotatable bonds is 6. The molecule has 0 unspecified atom stereocenters. The van der Waals surface area contributed by atoms with Crippen molar-refractivity contribution in [1.82, 2.24) is 15.5 Å². The molecule has 130 valence electrons. The first-order valence-corrected chi connectivity index (χ1v) is 8.08. The molecule has 1 fully saturated rings. The predicted molar refractivity (Wildman–Crippen MR) is 88.4 cm³/mol. The Morgan fingerprint density at radius 3 is 2.83 bits per heavy atom. The van der Waals surface area contributed by atoms with Crippen LogP contribution in [0.15, 0.2) is 24.3 Å². The molecular weight excluding hydrogens is 334 g/mol. The second-order valence-corrected chi connectivity index (χ2v) is 5.81. The summed E-state index contributed by atoms with van der Waals surface area (Å²) in [5.41, 5.74) is 0.861. The maximum atomic E-state index is 12.1. The third-order valence-corrected chi connectivity index (χ3v) is 3.94. The van der Waals surface area contributed by atoms with Crippen LogP contribution < -0.4 is 10.6 Å². The molecule has 1 heterocycles. The van der Waals surface area contributed by atoms with Crippen molar-refractivity contribution >= 4 is 29.5 Å². The highest BCUT2D eigenvalue weighted by Gasteiger charge is 2.30. The molecule has 1 saturated heterocycles. The fourth-order valence-corrected chi connectivity index (χ4v) is 2.65. The average molecular weight is 354 g/mol. The molecule has 0 saturated carbocycles. The minimum atomic E-state index is -0.504. The van der Waals surface area contributed by atoms with E-state index in [2.05, 4.69) is 10.6 Å². The Bertz CT molecular complexity index is 623. The largest absolute Gasteiger partial charge is 0.465 e. The highest BCUT2D eigenvalue weighted by Crippen LogP contribution is 2.20. The van der Waals surface area contributed by atoms with Gasteiger partial charge in [0.1, 0.15) is 6.54 Å². The fraction of sp³-hybridized carbons (Fsp3) is 0.438. The predicted octanol–water partition coefficient (Wildman–Crippen LogP) is 1.30. The molecule has 0 bridgehead atoms. The van der Waals surface area contributed by atoms with Crippen molar-refractivity contribution < 1.29 is 19.1 Å². The number of hydrogen-bond donors (Lipinski definition) is 2. The molecular formula is C16H20ClN3O4. The normalized spacial score (nSPS) is 16.8. The molecule has 1 aliphatic rings. The maximum Gasteiger partial charge on any atom is 0.325 e. The summed E-state index contributed by atoms with van der Waals surface area (Å²) in [6, 6.07) is 6.52. The second kappa shape index (κ2) is 8.54. The average Bonchev–Trinajstić information content (AvgIpc) is 2.87. The van der Waals surface area contributed by atoms with E-state index in [9.17, 15) is 14.4 Å². The van der Waals surface area contributed by atoms with Gasteiger partial charge in [0.2, 0.25) is 5.91 Å². The van der Waals surface area contributed by atoms with Crippen LogP contribution in [0.25, 0.3) is 0 Å². The van der Waals surface area contributed by atoms with E-state index in [0.717, 1.165) is 5.56 Å². The van der Waals surface area contributed by atoms with Crippen molar-refractivity contribution in [3.63, 3.8) is 0 Å². The van der Waals surface area contributed by atoms with Crippen molar-refractivity contribution in [3.8, 4) is 0 Å². The summed E-state index contributed by atoms with van der Waals surface area (Å²) in [5.74, 6) is -0.555. The van der Waals surface area contributed by atoms with Gasteiger partial charge in [-0.1, -0.05) is 29.8 Å². The molecule has 0 radical (unpaired) electrons. The standard InChI is InChI=1S/C16H20ClN3O4/c1-2-24-15(22)8-18-16(23)19-12-7-14(21)20(10-12)9-11-5-3-4-6-13(11)17/h3-6,12H,2,7-10H2,1H3,(H2,18,19,23)/t12-/m0/s1. The minimum absolute atomic E-state index is 0.0504. The third kappa shape index (κ3) is 5.13. The van der Waals surface area contributed by atoms with Crippen molar-refractivity contribution in [3.05, 3.63) is 34.9 Å². The number of halogens is 1. The quantitative estimate of drug-likeness (QED) is 0.755. The molecule has 1 aliphatic heterocycles. The number of benzene rings is 1. The zero-order valence-corrected chi connectivity index (χ0v) is 14.1. The Morgan fingerprint density at radius 1 is 1.38 bits per heavy atom. The van der Waals surface area contributed by atoms with Gasteiger partial charge in [-0.05, 0) is 18.6 Å². The number of carbonyl (C=O) groups excluding carboxylic acids is 3. The molecule has 24 heavy (non-hydrogen) atoms. The molecule has 0 aromatic heterocycles. The van der Waals surface area contributed by atoms with Gasteiger partial charge in [0.05, 0.1) is 12.6 Å². The number of esters is 1. The Kier molecular flexibility index (Phi) is 6.43. The third-order valence-electron chi connectivity index (χ3n) is 3.57. The molecule has 0 spiro atoms. The van der Waals surface area contributed by atoms with E-state index in [4.69, 9.17) is 16.3 Å². The first kappa shape index (κ1) is 18.1. The fourth-order valence-electron chi connectivity index (χ4n) is 2.45. The Labute approximate surface area is 145 Å². The first-order valence-electron chi connectivity index (χ1n) is 7.70. The molecule has 3 amide bonds. The molecule has 0 aliphatic carbocycles. The van der Waals surface area contributed by atoms with Crippen LogP contribution in [0, 0.1) is 0 Å². The van der Waals surface area contributed by atoms with Gasteiger partial charge < -0.3 is 20.3 Å². The SMILES string of the molecule is CCOC(=O)CNC(=O)N[C@H]1CC(=O)N(Cc2ccccc2Cl)C1. The number of ether oxygens (including phenoxy) is 1.